The fourth-order valence-electron chi connectivity index (χ4n) is 2.39. The van der Waals surface area contributed by atoms with Crippen LogP contribution in [0.4, 0.5) is 0 Å². The van der Waals surface area contributed by atoms with E-state index in [2.05, 4.69) is 9.47 Å². The molecule has 10 heteroatoms. The van der Waals surface area contributed by atoms with E-state index < -0.39 is 11.9 Å². The van der Waals surface area contributed by atoms with Crippen LogP contribution in [0.2, 0.25) is 0 Å². The number of hydrogen-bond donors (Lipinski definition) is 0. The highest BCUT2D eigenvalue weighted by Gasteiger charge is 2.36. The van der Waals surface area contributed by atoms with E-state index in [1.807, 2.05) is 0 Å². The Labute approximate surface area is 167 Å². The summed E-state index contributed by atoms with van der Waals surface area (Å²) in [6, 6.07) is 4.90. The summed E-state index contributed by atoms with van der Waals surface area (Å²) in [5.41, 5.74) is 0.835. The van der Waals surface area contributed by atoms with Crippen molar-refractivity contribution >= 4 is 41.3 Å². The van der Waals surface area contributed by atoms with E-state index >= 15 is 0 Å². The molecule has 1 aromatic carbocycles. The highest BCUT2D eigenvalue weighted by Crippen LogP contribution is 2.30. The van der Waals surface area contributed by atoms with Gasteiger partial charge < -0.3 is 23.8 Å². The molecule has 0 spiro atoms. The van der Waals surface area contributed by atoms with Crippen molar-refractivity contribution in [2.75, 3.05) is 41.5 Å². The van der Waals surface area contributed by atoms with Crippen molar-refractivity contribution in [3.63, 3.8) is 0 Å². The third-order valence-electron chi connectivity index (χ3n) is 3.91. The summed E-state index contributed by atoms with van der Waals surface area (Å²) in [6.07, 6.45) is 1.58. The zero-order valence-electron chi connectivity index (χ0n) is 15.9. The van der Waals surface area contributed by atoms with Gasteiger partial charge in [0, 0.05) is 7.05 Å². The van der Waals surface area contributed by atoms with Crippen molar-refractivity contribution in [1.82, 2.24) is 9.80 Å². The number of likely N-dealkylation sites (N-methyl/N-ethyl adjacent to an activating group) is 1. The van der Waals surface area contributed by atoms with Gasteiger partial charge in [0.1, 0.15) is 12.2 Å². The van der Waals surface area contributed by atoms with Crippen LogP contribution >= 0.6 is 12.2 Å². The lowest BCUT2D eigenvalue weighted by Crippen LogP contribution is -2.33. The number of carbonyl (C=O) groups excluding carboxylic acids is 3. The number of carbonyl (C=O) groups is 3. The molecule has 150 valence electrons. The Bertz CT molecular complexity index is 837. The van der Waals surface area contributed by atoms with Crippen LogP contribution in [-0.2, 0) is 23.9 Å². The zero-order valence-corrected chi connectivity index (χ0v) is 16.7. The largest absolute Gasteiger partial charge is 0.493 e. The summed E-state index contributed by atoms with van der Waals surface area (Å²) in [5, 5.41) is 0.201. The molecule has 0 atom stereocenters. The fourth-order valence-corrected chi connectivity index (χ4v) is 2.64. The van der Waals surface area contributed by atoms with E-state index in [9.17, 15) is 14.4 Å². The molecule has 9 nitrogen and oxygen atoms in total. The summed E-state index contributed by atoms with van der Waals surface area (Å²) in [4.78, 5) is 38.1. The predicted molar refractivity (Wildman–Crippen MR) is 103 cm³/mol. The van der Waals surface area contributed by atoms with E-state index in [0.29, 0.717) is 17.1 Å². The monoisotopic (exact) mass is 408 g/mol. The van der Waals surface area contributed by atoms with E-state index in [1.165, 1.54) is 38.2 Å². The molecule has 1 fully saturated rings. The first kappa shape index (κ1) is 21.2. The molecule has 1 saturated heterocycles. The maximum absolute atomic E-state index is 12.5. The number of thiocarbonyl (C=S) groups is 1. The molecule has 0 bridgehead atoms. The second-order valence-corrected chi connectivity index (χ2v) is 5.98. The predicted octanol–water partition coefficient (Wildman–Crippen LogP) is 0.820. The fraction of sp³-hybridized carbons (Fsp3) is 0.333. The number of hydrogen-bond acceptors (Lipinski definition) is 8. The van der Waals surface area contributed by atoms with E-state index in [-0.39, 0.29) is 29.9 Å². The zero-order chi connectivity index (χ0) is 20.8. The Balaban J connectivity index is 2.33. The lowest BCUT2D eigenvalue weighted by Gasteiger charge is -2.17. The standard InChI is InChI=1S/C18H20N2O7S/c1-19-17(23)12(20(18(19)28)9-15(21)25-3)7-11-5-6-13(14(8-11)24-2)27-10-16(22)26-4/h5-8H,9-10H2,1-4H3. The Morgan fingerprint density at radius 2 is 1.79 bits per heavy atom. The van der Waals surface area contributed by atoms with Crippen LogP contribution in [0.5, 0.6) is 11.5 Å². The second kappa shape index (κ2) is 9.18. The first-order valence-electron chi connectivity index (χ1n) is 8.08. The molecule has 1 aliphatic rings. The first-order chi connectivity index (χ1) is 13.3. The third-order valence-corrected chi connectivity index (χ3v) is 4.41. The van der Waals surface area contributed by atoms with Crippen LogP contribution in [0.3, 0.4) is 0 Å². The molecule has 2 rings (SSSR count). The van der Waals surface area contributed by atoms with Gasteiger partial charge in [0.2, 0.25) is 0 Å². The van der Waals surface area contributed by atoms with Gasteiger partial charge in [-0.05, 0) is 36.0 Å². The minimum absolute atomic E-state index is 0.186. The van der Waals surface area contributed by atoms with E-state index in [0.717, 1.165) is 0 Å². The first-order valence-corrected chi connectivity index (χ1v) is 8.49. The normalized spacial score (nSPS) is 15.1. The summed E-state index contributed by atoms with van der Waals surface area (Å²) in [6.45, 7) is -0.452. The minimum Gasteiger partial charge on any atom is -0.493 e. The number of nitrogens with zero attached hydrogens (tertiary/aromatic N) is 2. The molecule has 1 aromatic rings. The average molecular weight is 408 g/mol. The molecule has 1 aliphatic heterocycles. The molecular weight excluding hydrogens is 388 g/mol. The molecule has 0 unspecified atom stereocenters. The van der Waals surface area contributed by atoms with Crippen molar-refractivity contribution in [3.8, 4) is 11.5 Å². The number of esters is 2. The highest BCUT2D eigenvalue weighted by molar-refractivity contribution is 7.80. The third kappa shape index (κ3) is 4.58. The van der Waals surface area contributed by atoms with Gasteiger partial charge in [0.25, 0.3) is 5.91 Å². The molecule has 0 aliphatic carbocycles. The van der Waals surface area contributed by atoms with Gasteiger partial charge in [-0.2, -0.15) is 0 Å². The second-order valence-electron chi connectivity index (χ2n) is 5.61. The van der Waals surface area contributed by atoms with Crippen LogP contribution in [0, 0.1) is 0 Å². The van der Waals surface area contributed by atoms with Crippen molar-refractivity contribution < 1.29 is 33.3 Å². The number of amides is 1. The van der Waals surface area contributed by atoms with E-state index in [1.54, 1.807) is 24.3 Å². The molecule has 0 aromatic heterocycles. The maximum atomic E-state index is 12.5. The number of ether oxygens (including phenoxy) is 4. The van der Waals surface area contributed by atoms with Crippen LogP contribution in [0.1, 0.15) is 5.56 Å². The minimum atomic E-state index is -0.528. The van der Waals surface area contributed by atoms with Gasteiger partial charge in [-0.3, -0.25) is 14.5 Å². The summed E-state index contributed by atoms with van der Waals surface area (Å²) >= 11 is 5.23. The number of rotatable bonds is 7. The highest BCUT2D eigenvalue weighted by atomic mass is 32.1. The van der Waals surface area contributed by atoms with E-state index in [4.69, 9.17) is 21.7 Å². The van der Waals surface area contributed by atoms with Crippen LogP contribution in [-0.4, -0.2) is 74.3 Å². The van der Waals surface area contributed by atoms with Gasteiger partial charge in [-0.1, -0.05) is 6.07 Å². The molecule has 0 N–H and O–H groups in total. The Kier molecular flexibility index (Phi) is 6.94. The van der Waals surface area contributed by atoms with Crippen molar-refractivity contribution in [1.29, 1.82) is 0 Å². The van der Waals surface area contributed by atoms with Crippen LogP contribution in [0.25, 0.3) is 6.08 Å². The van der Waals surface area contributed by atoms with Crippen molar-refractivity contribution in [2.24, 2.45) is 0 Å². The van der Waals surface area contributed by atoms with Gasteiger partial charge in [-0.25, -0.2) is 4.79 Å². The van der Waals surface area contributed by atoms with Crippen molar-refractivity contribution in [3.05, 3.63) is 29.5 Å². The maximum Gasteiger partial charge on any atom is 0.343 e. The molecule has 1 heterocycles. The lowest BCUT2D eigenvalue weighted by molar-refractivity contribution is -0.143. The Hall–Kier alpha value is -3.14. The molecule has 0 saturated carbocycles. The SMILES string of the molecule is COC(=O)COc1ccc(C=C2C(=O)N(C)C(=S)N2CC(=O)OC)cc1OC. The summed E-state index contributed by atoms with van der Waals surface area (Å²) in [7, 11) is 5.50. The number of benzene rings is 1. The molecule has 0 radical (unpaired) electrons. The smallest absolute Gasteiger partial charge is 0.343 e. The molecular formula is C18H20N2O7S. The summed E-state index contributed by atoms with van der Waals surface area (Å²) < 4.78 is 19.8. The summed E-state index contributed by atoms with van der Waals surface area (Å²) in [5.74, 6) is -0.704. The Morgan fingerprint density at radius 3 is 2.39 bits per heavy atom. The van der Waals surface area contributed by atoms with Gasteiger partial charge >= 0.3 is 11.9 Å². The van der Waals surface area contributed by atoms with Crippen LogP contribution < -0.4 is 9.47 Å². The van der Waals surface area contributed by atoms with Crippen LogP contribution in [0.15, 0.2) is 23.9 Å². The quantitative estimate of drug-likeness (QED) is 0.369. The van der Waals surface area contributed by atoms with Crippen molar-refractivity contribution in [2.45, 2.75) is 0 Å². The molecule has 28 heavy (non-hydrogen) atoms. The number of methoxy groups -OCH3 is 3. The van der Waals surface area contributed by atoms with Gasteiger partial charge in [-0.15, -0.1) is 0 Å². The average Bonchev–Trinajstić information content (AvgIpc) is 2.90. The van der Waals surface area contributed by atoms with Gasteiger partial charge in [0.15, 0.2) is 23.2 Å². The van der Waals surface area contributed by atoms with Gasteiger partial charge in [0.05, 0.1) is 21.3 Å². The Morgan fingerprint density at radius 1 is 1.11 bits per heavy atom. The lowest BCUT2D eigenvalue weighted by atomic mass is 10.1. The topological polar surface area (TPSA) is 94.6 Å². The molecule has 1 amide bonds.